The number of piperidine rings is 1. The molecular weight excluding hydrogens is 343 g/mol. The predicted octanol–water partition coefficient (Wildman–Crippen LogP) is 1.18. The number of carbonyl (C=O) groups excluding carboxylic acids is 1. The molecule has 1 aliphatic heterocycles. The van der Waals surface area contributed by atoms with Crippen LogP contribution in [0.5, 0.6) is 0 Å². The summed E-state index contributed by atoms with van der Waals surface area (Å²) in [7, 11) is 0. The van der Waals surface area contributed by atoms with Gasteiger partial charge in [-0.15, -0.1) is 24.0 Å². The Morgan fingerprint density at radius 1 is 1.33 bits per heavy atom. The van der Waals surface area contributed by atoms with Gasteiger partial charge in [0.25, 0.3) is 0 Å². The monoisotopic (exact) mass is 368 g/mol. The molecule has 1 fully saturated rings. The maximum absolute atomic E-state index is 11.8. The molecule has 1 amide bonds. The number of nitrogens with one attached hydrogen (secondary N) is 1. The van der Waals surface area contributed by atoms with E-state index in [1.807, 2.05) is 4.90 Å². The lowest BCUT2D eigenvalue weighted by Crippen LogP contribution is -2.39. The fourth-order valence-corrected chi connectivity index (χ4v) is 1.76. The van der Waals surface area contributed by atoms with Crippen molar-refractivity contribution in [1.29, 1.82) is 0 Å². The van der Waals surface area contributed by atoms with Crippen molar-refractivity contribution in [3.63, 3.8) is 0 Å². The van der Waals surface area contributed by atoms with Crippen LogP contribution in [0.1, 0.15) is 33.1 Å². The summed E-state index contributed by atoms with van der Waals surface area (Å²) < 4.78 is 0. The molecule has 1 aliphatic rings. The molecule has 0 radical (unpaired) electrons. The number of hydrogen-bond donors (Lipinski definition) is 2. The minimum absolute atomic E-state index is 0. The number of likely N-dealkylation sites (tertiary alicyclic amines) is 1. The number of guanidine groups is 1. The summed E-state index contributed by atoms with van der Waals surface area (Å²) in [6, 6.07) is 0. The van der Waals surface area contributed by atoms with Crippen molar-refractivity contribution < 1.29 is 4.79 Å². The summed E-state index contributed by atoms with van der Waals surface area (Å²) in [5.41, 5.74) is 5.67. The molecule has 3 N–H and O–H groups in total. The van der Waals surface area contributed by atoms with Crippen molar-refractivity contribution in [1.82, 2.24) is 10.2 Å². The first-order chi connectivity index (χ1) is 8.09. The molecule has 0 atom stereocenters. The van der Waals surface area contributed by atoms with Gasteiger partial charge in [0.1, 0.15) is 6.54 Å². The number of nitrogens with zero attached hydrogens (tertiary/aromatic N) is 2. The van der Waals surface area contributed by atoms with E-state index >= 15 is 0 Å². The molecule has 0 aromatic rings. The molecule has 0 saturated carbocycles. The van der Waals surface area contributed by atoms with Gasteiger partial charge >= 0.3 is 0 Å². The Morgan fingerprint density at radius 2 is 1.94 bits per heavy atom. The largest absolute Gasteiger partial charge is 0.370 e. The minimum atomic E-state index is 0. The Bertz CT molecular complexity index is 275. The number of amides is 1. The summed E-state index contributed by atoms with van der Waals surface area (Å²) in [4.78, 5) is 17.7. The molecule has 0 spiro atoms. The van der Waals surface area contributed by atoms with Crippen LogP contribution in [0.3, 0.4) is 0 Å². The van der Waals surface area contributed by atoms with Crippen molar-refractivity contribution >= 4 is 35.8 Å². The van der Waals surface area contributed by atoms with Crippen LogP contribution < -0.4 is 11.1 Å². The van der Waals surface area contributed by atoms with Crippen molar-refractivity contribution in [2.45, 2.75) is 33.1 Å². The molecule has 0 aromatic carbocycles. The summed E-state index contributed by atoms with van der Waals surface area (Å²) in [5.74, 6) is 0.963. The number of hydrogen-bond acceptors (Lipinski definition) is 2. The fourth-order valence-electron chi connectivity index (χ4n) is 1.76. The van der Waals surface area contributed by atoms with Gasteiger partial charge < -0.3 is 16.0 Å². The molecule has 1 rings (SSSR count). The third kappa shape index (κ3) is 7.03. The van der Waals surface area contributed by atoms with Crippen molar-refractivity contribution in [2.24, 2.45) is 16.6 Å². The van der Waals surface area contributed by atoms with Crippen molar-refractivity contribution in [2.75, 3.05) is 26.2 Å². The fraction of sp³-hybridized carbons (Fsp3) is 0.833. The first-order valence-corrected chi connectivity index (χ1v) is 6.41. The zero-order valence-electron chi connectivity index (χ0n) is 11.3. The number of rotatable bonds is 4. The quantitative estimate of drug-likeness (QED) is 0.445. The topological polar surface area (TPSA) is 70.7 Å². The molecule has 1 saturated heterocycles. The lowest BCUT2D eigenvalue weighted by atomic mass is 10.1. The molecule has 0 unspecified atom stereocenters. The zero-order chi connectivity index (χ0) is 12.7. The van der Waals surface area contributed by atoms with Gasteiger partial charge in [0.2, 0.25) is 5.91 Å². The first kappa shape index (κ1) is 17.5. The third-order valence-corrected chi connectivity index (χ3v) is 2.78. The van der Waals surface area contributed by atoms with E-state index in [1.165, 1.54) is 6.42 Å². The smallest absolute Gasteiger partial charge is 0.244 e. The van der Waals surface area contributed by atoms with Gasteiger partial charge in [-0.2, -0.15) is 0 Å². The SMILES string of the molecule is CC(C)CNC(N)=NCC(=O)N1CCCCC1.I. The summed E-state index contributed by atoms with van der Waals surface area (Å²) in [6.07, 6.45) is 3.44. The summed E-state index contributed by atoms with van der Waals surface area (Å²) in [6.45, 7) is 6.88. The van der Waals surface area contributed by atoms with E-state index in [9.17, 15) is 4.79 Å². The number of halogens is 1. The van der Waals surface area contributed by atoms with E-state index < -0.39 is 0 Å². The van der Waals surface area contributed by atoms with E-state index in [1.54, 1.807) is 0 Å². The normalized spacial score (nSPS) is 16.4. The van der Waals surface area contributed by atoms with Gasteiger partial charge in [-0.25, -0.2) is 4.99 Å². The maximum atomic E-state index is 11.8. The molecule has 6 heteroatoms. The highest BCUT2D eigenvalue weighted by atomic mass is 127. The van der Waals surface area contributed by atoms with Gasteiger partial charge in [0, 0.05) is 19.6 Å². The number of nitrogens with two attached hydrogens (primary N) is 1. The molecule has 0 bridgehead atoms. The van der Waals surface area contributed by atoms with Crippen LogP contribution in [0.4, 0.5) is 0 Å². The Morgan fingerprint density at radius 3 is 2.50 bits per heavy atom. The average molecular weight is 368 g/mol. The molecule has 5 nitrogen and oxygen atoms in total. The standard InChI is InChI=1S/C12H24N4O.HI/c1-10(2)8-14-12(13)15-9-11(17)16-6-4-3-5-7-16;/h10H,3-9H2,1-2H3,(H3,13,14,15);1H. The van der Waals surface area contributed by atoms with Crippen LogP contribution in [0.2, 0.25) is 0 Å². The van der Waals surface area contributed by atoms with Crippen LogP contribution in [-0.2, 0) is 4.79 Å². The zero-order valence-corrected chi connectivity index (χ0v) is 13.6. The van der Waals surface area contributed by atoms with Crippen molar-refractivity contribution in [3.8, 4) is 0 Å². The van der Waals surface area contributed by atoms with Crippen LogP contribution >= 0.6 is 24.0 Å². The second kappa shape index (κ2) is 9.41. The van der Waals surface area contributed by atoms with Gasteiger partial charge in [-0.1, -0.05) is 13.8 Å². The van der Waals surface area contributed by atoms with Crippen LogP contribution in [0, 0.1) is 5.92 Å². The van der Waals surface area contributed by atoms with Crippen LogP contribution in [0.15, 0.2) is 4.99 Å². The maximum Gasteiger partial charge on any atom is 0.244 e. The van der Waals surface area contributed by atoms with Crippen LogP contribution in [-0.4, -0.2) is 42.9 Å². The molecule has 0 aromatic heterocycles. The van der Waals surface area contributed by atoms with Crippen molar-refractivity contribution in [3.05, 3.63) is 0 Å². The third-order valence-electron chi connectivity index (χ3n) is 2.78. The van der Waals surface area contributed by atoms with E-state index in [-0.39, 0.29) is 36.4 Å². The van der Waals surface area contributed by atoms with E-state index in [2.05, 4.69) is 24.2 Å². The Balaban J connectivity index is 0.00000289. The second-order valence-corrected chi connectivity index (χ2v) is 4.92. The summed E-state index contributed by atoms with van der Waals surface area (Å²) in [5, 5.41) is 3.00. The molecule has 1 heterocycles. The molecule has 0 aliphatic carbocycles. The lowest BCUT2D eigenvalue weighted by Gasteiger charge is -2.26. The van der Waals surface area contributed by atoms with Gasteiger partial charge in [-0.3, -0.25) is 4.79 Å². The highest BCUT2D eigenvalue weighted by Gasteiger charge is 2.15. The van der Waals surface area contributed by atoms with Gasteiger partial charge in [-0.05, 0) is 25.2 Å². The Kier molecular flexibility index (Phi) is 9.13. The number of carbonyl (C=O) groups is 1. The van der Waals surface area contributed by atoms with Crippen LogP contribution in [0.25, 0.3) is 0 Å². The predicted molar refractivity (Wildman–Crippen MR) is 85.2 cm³/mol. The van der Waals surface area contributed by atoms with E-state index in [4.69, 9.17) is 5.73 Å². The highest BCUT2D eigenvalue weighted by molar-refractivity contribution is 14.0. The minimum Gasteiger partial charge on any atom is -0.370 e. The lowest BCUT2D eigenvalue weighted by molar-refractivity contribution is -0.130. The van der Waals surface area contributed by atoms with Gasteiger partial charge in [0.05, 0.1) is 0 Å². The van der Waals surface area contributed by atoms with Gasteiger partial charge in [0.15, 0.2) is 5.96 Å². The summed E-state index contributed by atoms with van der Waals surface area (Å²) >= 11 is 0. The Labute approximate surface area is 127 Å². The first-order valence-electron chi connectivity index (χ1n) is 6.41. The number of aliphatic imine (C=N–C) groups is 1. The highest BCUT2D eigenvalue weighted by Crippen LogP contribution is 2.08. The Hall–Kier alpha value is -0.530. The molecule has 18 heavy (non-hydrogen) atoms. The molecular formula is C12H25IN4O. The van der Waals surface area contributed by atoms with E-state index in [0.717, 1.165) is 32.5 Å². The second-order valence-electron chi connectivity index (χ2n) is 4.92. The molecule has 106 valence electrons. The average Bonchev–Trinajstić information content (AvgIpc) is 2.34. The van der Waals surface area contributed by atoms with E-state index in [0.29, 0.717) is 11.9 Å².